The largest absolute Gasteiger partial charge is 0.456 e. The van der Waals surface area contributed by atoms with E-state index in [1.54, 1.807) is 0 Å². The van der Waals surface area contributed by atoms with Crippen molar-refractivity contribution in [3.8, 4) is 33.8 Å². The van der Waals surface area contributed by atoms with Crippen molar-refractivity contribution >= 4 is 92.1 Å². The van der Waals surface area contributed by atoms with Crippen molar-refractivity contribution < 1.29 is 9.15 Å². The molecule has 0 atom stereocenters. The summed E-state index contributed by atoms with van der Waals surface area (Å²) in [5, 5.41) is 9.26. The van der Waals surface area contributed by atoms with Gasteiger partial charge in [0.05, 0.1) is 16.8 Å². The molecule has 0 N–H and O–H groups in total. The Bertz CT molecular complexity index is 4150. The van der Waals surface area contributed by atoms with Gasteiger partial charge < -0.3 is 14.1 Å². The van der Waals surface area contributed by atoms with Crippen LogP contribution in [0.3, 0.4) is 0 Å². The molecule has 13 aromatic rings. The fourth-order valence-electron chi connectivity index (χ4n) is 11.7. The minimum absolute atomic E-state index is 0.620. The Kier molecular flexibility index (Phi) is 7.58. The summed E-state index contributed by atoms with van der Waals surface area (Å²) in [6, 6.07) is 82.1. The first-order valence-electron chi connectivity index (χ1n) is 22.9. The monoisotopic (exact) mass is 871 g/mol. The molecule has 0 radical (unpaired) electrons. The molecule has 67 heavy (non-hydrogen) atoms. The molecular weight excluding hydrogens is 835 g/mol. The Morgan fingerprint density at radius 3 is 1.78 bits per heavy atom. The van der Waals surface area contributed by atoms with Crippen molar-refractivity contribution in [2.45, 2.75) is 5.41 Å². The topological polar surface area (TPSA) is 25.6 Å². The van der Waals surface area contributed by atoms with Crippen molar-refractivity contribution in [2.24, 2.45) is 0 Å². The van der Waals surface area contributed by atoms with Crippen LogP contribution >= 0.6 is 11.3 Å². The van der Waals surface area contributed by atoms with Gasteiger partial charge in [0.1, 0.15) is 22.7 Å². The minimum atomic E-state index is -0.620. The van der Waals surface area contributed by atoms with E-state index in [1.807, 2.05) is 17.4 Å². The number of benzene rings is 11. The maximum atomic E-state index is 7.23. The lowest BCUT2D eigenvalue weighted by Crippen LogP contribution is -2.32. The molecule has 4 heteroatoms. The summed E-state index contributed by atoms with van der Waals surface area (Å²) in [6.45, 7) is 0. The predicted molar refractivity (Wildman–Crippen MR) is 279 cm³/mol. The Hall–Kier alpha value is -8.44. The molecule has 0 saturated carbocycles. The first-order valence-corrected chi connectivity index (χ1v) is 23.7. The van der Waals surface area contributed by atoms with Crippen molar-refractivity contribution in [3.05, 3.63) is 247 Å². The number of hydrogen-bond donors (Lipinski definition) is 0. The molecule has 3 nitrogen and oxygen atoms in total. The number of fused-ring (bicyclic) bond motifs is 19. The molecule has 2 aromatic heterocycles. The summed E-state index contributed by atoms with van der Waals surface area (Å²) in [5.74, 6) is 1.85. The van der Waals surface area contributed by atoms with Crippen LogP contribution in [0.15, 0.2) is 229 Å². The predicted octanol–water partition coefficient (Wildman–Crippen LogP) is 17.9. The smallest absolute Gasteiger partial charge is 0.140 e. The van der Waals surface area contributed by atoms with E-state index in [0.717, 1.165) is 94.3 Å². The quantitative estimate of drug-likeness (QED) is 0.176. The third-order valence-corrected chi connectivity index (χ3v) is 15.6. The van der Waals surface area contributed by atoms with E-state index in [4.69, 9.17) is 9.15 Å². The maximum Gasteiger partial charge on any atom is 0.140 e. The van der Waals surface area contributed by atoms with E-state index in [1.165, 1.54) is 42.4 Å². The van der Waals surface area contributed by atoms with E-state index in [9.17, 15) is 0 Å². The van der Waals surface area contributed by atoms with E-state index >= 15 is 0 Å². The second-order valence-corrected chi connectivity index (χ2v) is 18.9. The van der Waals surface area contributed by atoms with Gasteiger partial charge in [0.25, 0.3) is 0 Å². The summed E-state index contributed by atoms with van der Waals surface area (Å²) >= 11 is 1.85. The Labute approximate surface area is 390 Å². The Balaban J connectivity index is 0.993. The fourth-order valence-corrected chi connectivity index (χ4v) is 12.8. The van der Waals surface area contributed by atoms with Gasteiger partial charge in [-0.15, -0.1) is 11.3 Å². The van der Waals surface area contributed by atoms with Gasteiger partial charge in [0.15, 0.2) is 0 Å². The van der Waals surface area contributed by atoms with Crippen molar-refractivity contribution in [1.82, 2.24) is 0 Å². The van der Waals surface area contributed by atoms with Crippen molar-refractivity contribution in [1.29, 1.82) is 0 Å². The normalized spacial score (nSPS) is 13.3. The van der Waals surface area contributed by atoms with Crippen LogP contribution in [0.2, 0.25) is 0 Å². The summed E-state index contributed by atoms with van der Waals surface area (Å²) in [7, 11) is 0. The van der Waals surface area contributed by atoms with Gasteiger partial charge in [0.2, 0.25) is 0 Å². The van der Waals surface area contributed by atoms with Crippen LogP contribution in [0.25, 0.3) is 85.9 Å². The van der Waals surface area contributed by atoms with Gasteiger partial charge in [-0.3, -0.25) is 0 Å². The van der Waals surface area contributed by atoms with E-state index in [2.05, 4.69) is 223 Å². The zero-order chi connectivity index (χ0) is 43.8. The highest BCUT2D eigenvalue weighted by atomic mass is 32.1. The number of ether oxygens (including phenoxy) is 1. The van der Waals surface area contributed by atoms with Crippen LogP contribution in [-0.4, -0.2) is 0 Å². The lowest BCUT2D eigenvalue weighted by Gasteiger charge is -2.40. The third-order valence-electron chi connectivity index (χ3n) is 14.5. The summed E-state index contributed by atoms with van der Waals surface area (Å²) in [6.07, 6.45) is 0. The molecule has 312 valence electrons. The van der Waals surface area contributed by atoms with Crippen LogP contribution in [0.1, 0.15) is 22.3 Å². The zero-order valence-electron chi connectivity index (χ0n) is 36.0. The number of para-hydroxylation sites is 2. The molecule has 11 aromatic carbocycles. The average Bonchev–Trinajstić information content (AvgIpc) is 4.05. The Morgan fingerprint density at radius 1 is 0.373 bits per heavy atom. The molecule has 0 amide bonds. The number of anilines is 3. The highest BCUT2D eigenvalue weighted by Gasteiger charge is 2.52. The molecular formula is C63H37NO2S. The number of hydrogen-bond acceptors (Lipinski definition) is 4. The number of nitrogens with zero attached hydrogens (tertiary/aromatic N) is 1. The fraction of sp³-hybridized carbons (Fsp3) is 0.0159. The Morgan fingerprint density at radius 2 is 0.970 bits per heavy atom. The van der Waals surface area contributed by atoms with Crippen LogP contribution in [-0.2, 0) is 5.41 Å². The number of rotatable bonds is 4. The lowest BCUT2D eigenvalue weighted by molar-refractivity contribution is 0.447. The van der Waals surface area contributed by atoms with Gasteiger partial charge in [-0.2, -0.15) is 0 Å². The van der Waals surface area contributed by atoms with Crippen molar-refractivity contribution in [2.75, 3.05) is 4.90 Å². The standard InChI is InChI=1S/C63H37NO2S/c1-3-17-43-38(14-1)28-33-52-61(43)66-62-44-18-4-2-15-39(44)29-34-53(62)63(52)50-22-9-5-19-45(50)48-36-40(30-32-51(48)63)42-16-6-10-23-54(42)64(41-31-35-57-49(37-41)46-20-7-11-25-56(46)65-57)55-24-13-27-59-60(55)47-21-8-12-26-58(47)67-59/h1-37H. The second-order valence-electron chi connectivity index (χ2n) is 17.9. The van der Waals surface area contributed by atoms with E-state index in [-0.39, 0.29) is 0 Å². The van der Waals surface area contributed by atoms with Gasteiger partial charge in [-0.25, -0.2) is 0 Å². The molecule has 0 saturated heterocycles. The molecule has 0 fully saturated rings. The highest BCUT2D eigenvalue weighted by Crippen LogP contribution is 2.64. The first-order chi connectivity index (χ1) is 33.2. The van der Waals surface area contributed by atoms with Crippen molar-refractivity contribution in [3.63, 3.8) is 0 Å². The van der Waals surface area contributed by atoms with E-state index < -0.39 is 5.41 Å². The molecule has 1 aliphatic heterocycles. The van der Waals surface area contributed by atoms with Gasteiger partial charge in [-0.1, -0.05) is 170 Å². The minimum Gasteiger partial charge on any atom is -0.456 e. The summed E-state index contributed by atoms with van der Waals surface area (Å²) in [4.78, 5) is 2.47. The third kappa shape index (κ3) is 5.05. The summed E-state index contributed by atoms with van der Waals surface area (Å²) in [5.41, 5.74) is 14.0. The van der Waals surface area contributed by atoms with E-state index in [0.29, 0.717) is 0 Å². The number of furan rings is 1. The number of thiophene rings is 1. The van der Waals surface area contributed by atoms with Gasteiger partial charge in [-0.05, 0) is 93.2 Å². The van der Waals surface area contributed by atoms with Gasteiger partial charge in [0, 0.05) is 64.1 Å². The molecule has 1 spiro atoms. The second kappa shape index (κ2) is 13.8. The lowest BCUT2D eigenvalue weighted by atomic mass is 9.65. The SMILES string of the molecule is c1ccc(N(c2ccc3oc4ccccc4c3c2)c2cccc3sc4ccccc4c23)c(-c2ccc3c(c2)-c2ccccc2C32c3ccc4ccccc4c3Oc3c2ccc2ccccc32)c1. The maximum absolute atomic E-state index is 7.23. The molecule has 1 aliphatic carbocycles. The summed E-state index contributed by atoms with van der Waals surface area (Å²) < 4.78 is 16.1. The molecule has 0 unspecified atom stereocenters. The zero-order valence-corrected chi connectivity index (χ0v) is 36.9. The van der Waals surface area contributed by atoms with Crippen LogP contribution < -0.4 is 9.64 Å². The molecule has 3 heterocycles. The highest BCUT2D eigenvalue weighted by molar-refractivity contribution is 7.26. The van der Waals surface area contributed by atoms with Crippen LogP contribution in [0, 0.1) is 0 Å². The van der Waals surface area contributed by atoms with Crippen LogP contribution in [0.5, 0.6) is 11.5 Å². The molecule has 15 rings (SSSR count). The average molecular weight is 872 g/mol. The molecule has 2 aliphatic rings. The first kappa shape index (κ1) is 36.9. The van der Waals surface area contributed by atoms with Crippen LogP contribution in [0.4, 0.5) is 17.1 Å². The molecule has 0 bridgehead atoms. The van der Waals surface area contributed by atoms with Gasteiger partial charge >= 0.3 is 0 Å².